The zero-order chi connectivity index (χ0) is 11.0. The highest BCUT2D eigenvalue weighted by atomic mass is 32.2. The van der Waals surface area contributed by atoms with Crippen molar-refractivity contribution in [3.63, 3.8) is 0 Å². The van der Waals surface area contributed by atoms with E-state index in [0.29, 0.717) is 22.2 Å². The third-order valence-electron chi connectivity index (χ3n) is 2.44. The summed E-state index contributed by atoms with van der Waals surface area (Å²) in [5, 5.41) is 15.1. The fourth-order valence-corrected chi connectivity index (χ4v) is 3.86. The standard InChI is InChI=1S/C8H9N5OS2/c14-6-3-7-13(6)2-1-5(16-7)4-15-8-9-11-12-10-8/h1-2,5,7H,3-4H2,(H,9,10,11,12)/t5?,7-/m1/s1. The number of carbonyl (C=O) groups excluding carboxylic acids is 1. The normalized spacial score (nSPS) is 27.8. The van der Waals surface area contributed by atoms with Crippen LogP contribution in [0, 0.1) is 0 Å². The second kappa shape index (κ2) is 4.10. The van der Waals surface area contributed by atoms with Crippen LogP contribution in [0.3, 0.4) is 0 Å². The monoisotopic (exact) mass is 255 g/mol. The van der Waals surface area contributed by atoms with E-state index in [1.54, 1.807) is 16.7 Å². The first-order chi connectivity index (χ1) is 7.83. The Kier molecular flexibility index (Phi) is 2.60. The number of nitrogens with one attached hydrogen (secondary N) is 1. The number of β-lactam (4-membered cyclic amide) rings is 1. The van der Waals surface area contributed by atoms with Crippen molar-refractivity contribution in [1.29, 1.82) is 0 Å². The van der Waals surface area contributed by atoms with E-state index in [0.717, 1.165) is 5.75 Å². The van der Waals surface area contributed by atoms with Crippen molar-refractivity contribution < 1.29 is 4.79 Å². The number of amides is 1. The van der Waals surface area contributed by atoms with Gasteiger partial charge in [-0.05, 0) is 5.21 Å². The molecule has 2 atom stereocenters. The maximum atomic E-state index is 11.1. The van der Waals surface area contributed by atoms with E-state index in [-0.39, 0.29) is 5.91 Å². The topological polar surface area (TPSA) is 74.8 Å². The van der Waals surface area contributed by atoms with Crippen molar-refractivity contribution in [2.24, 2.45) is 0 Å². The maximum absolute atomic E-state index is 11.1. The van der Waals surface area contributed by atoms with Gasteiger partial charge in [-0.15, -0.1) is 22.0 Å². The lowest BCUT2D eigenvalue weighted by Gasteiger charge is -2.41. The van der Waals surface area contributed by atoms with Gasteiger partial charge in [-0.3, -0.25) is 4.79 Å². The molecular weight excluding hydrogens is 246 g/mol. The molecule has 1 amide bonds. The van der Waals surface area contributed by atoms with Crippen molar-refractivity contribution in [2.45, 2.75) is 22.2 Å². The highest BCUT2D eigenvalue weighted by molar-refractivity contribution is 8.03. The number of nitrogens with zero attached hydrogens (tertiary/aromatic N) is 4. The van der Waals surface area contributed by atoms with Gasteiger partial charge in [0.15, 0.2) is 0 Å². The number of hydrogen-bond acceptors (Lipinski definition) is 6. The van der Waals surface area contributed by atoms with E-state index in [1.165, 1.54) is 0 Å². The molecule has 0 radical (unpaired) electrons. The van der Waals surface area contributed by atoms with Gasteiger partial charge in [0.2, 0.25) is 11.1 Å². The van der Waals surface area contributed by atoms with Crippen LogP contribution in [0.4, 0.5) is 0 Å². The number of H-pyrrole nitrogens is 1. The highest BCUT2D eigenvalue weighted by Gasteiger charge is 2.38. The number of aromatic amines is 1. The molecule has 0 bridgehead atoms. The number of fused-ring (bicyclic) bond motifs is 1. The van der Waals surface area contributed by atoms with Gasteiger partial charge in [-0.25, -0.2) is 0 Å². The molecule has 84 valence electrons. The predicted octanol–water partition coefficient (Wildman–Crippen LogP) is 0.479. The Balaban J connectivity index is 1.55. The van der Waals surface area contributed by atoms with Crippen molar-refractivity contribution in [3.8, 4) is 0 Å². The van der Waals surface area contributed by atoms with Gasteiger partial charge in [0.25, 0.3) is 0 Å². The van der Waals surface area contributed by atoms with Gasteiger partial charge >= 0.3 is 0 Å². The van der Waals surface area contributed by atoms with E-state index in [1.807, 2.05) is 18.0 Å². The molecule has 1 N–H and O–H groups in total. The Bertz CT molecular complexity index is 420. The Morgan fingerprint density at radius 3 is 3.31 bits per heavy atom. The van der Waals surface area contributed by atoms with Crippen molar-refractivity contribution in [2.75, 3.05) is 5.75 Å². The fourth-order valence-electron chi connectivity index (χ4n) is 1.60. The summed E-state index contributed by atoms with van der Waals surface area (Å²) in [6, 6.07) is 0. The van der Waals surface area contributed by atoms with Crippen molar-refractivity contribution >= 4 is 29.4 Å². The van der Waals surface area contributed by atoms with Crippen LogP contribution in [-0.2, 0) is 4.79 Å². The lowest BCUT2D eigenvalue weighted by molar-refractivity contribution is -0.137. The first-order valence-electron chi connectivity index (χ1n) is 4.84. The van der Waals surface area contributed by atoms with E-state index in [9.17, 15) is 4.79 Å². The van der Waals surface area contributed by atoms with Crippen LogP contribution >= 0.6 is 23.5 Å². The molecule has 0 saturated carbocycles. The third-order valence-corrected chi connectivity index (χ3v) is 4.99. The van der Waals surface area contributed by atoms with Crippen molar-refractivity contribution in [3.05, 3.63) is 12.3 Å². The second-order valence-electron chi connectivity index (χ2n) is 3.48. The molecule has 1 aromatic heterocycles. The summed E-state index contributed by atoms with van der Waals surface area (Å²) in [6.45, 7) is 0. The molecule has 1 saturated heterocycles. The number of thioether (sulfide) groups is 2. The molecule has 3 rings (SSSR count). The van der Waals surface area contributed by atoms with Crippen molar-refractivity contribution in [1.82, 2.24) is 25.5 Å². The summed E-state index contributed by atoms with van der Waals surface area (Å²) < 4.78 is 0. The Morgan fingerprint density at radius 1 is 1.69 bits per heavy atom. The summed E-state index contributed by atoms with van der Waals surface area (Å²) in [4.78, 5) is 12.9. The molecule has 1 aromatic rings. The average Bonchev–Trinajstić information content (AvgIpc) is 2.77. The molecule has 0 aromatic carbocycles. The van der Waals surface area contributed by atoms with Crippen LogP contribution < -0.4 is 0 Å². The zero-order valence-electron chi connectivity index (χ0n) is 8.24. The lowest BCUT2D eigenvalue weighted by atomic mass is 10.2. The number of hydrogen-bond donors (Lipinski definition) is 1. The van der Waals surface area contributed by atoms with Crippen LogP contribution in [0.15, 0.2) is 17.4 Å². The largest absolute Gasteiger partial charge is 0.306 e. The molecule has 6 nitrogen and oxygen atoms in total. The molecule has 8 heteroatoms. The average molecular weight is 255 g/mol. The minimum atomic E-state index is 0.220. The van der Waals surface area contributed by atoms with Gasteiger partial charge in [0, 0.05) is 17.2 Å². The molecule has 2 aliphatic heterocycles. The molecule has 1 unspecified atom stereocenters. The SMILES string of the molecule is O=C1C[C@H]2SC(CSc3nn[nH]n3)C=CN12. The molecule has 1 fully saturated rings. The van der Waals surface area contributed by atoms with Gasteiger partial charge in [0.1, 0.15) is 0 Å². The van der Waals surface area contributed by atoms with Gasteiger partial charge in [-0.1, -0.05) is 17.8 Å². The quantitative estimate of drug-likeness (QED) is 0.625. The maximum Gasteiger partial charge on any atom is 0.230 e. The molecule has 3 heterocycles. The Labute approximate surface area is 100 Å². The second-order valence-corrected chi connectivity index (χ2v) is 5.89. The van der Waals surface area contributed by atoms with Gasteiger partial charge in [-0.2, -0.15) is 5.21 Å². The smallest absolute Gasteiger partial charge is 0.230 e. The minimum absolute atomic E-state index is 0.220. The number of carbonyl (C=O) groups is 1. The summed E-state index contributed by atoms with van der Waals surface area (Å²) in [5.41, 5.74) is 0. The lowest BCUT2D eigenvalue weighted by Crippen LogP contribution is -2.49. The Hall–Kier alpha value is -1.02. The number of aromatic nitrogens is 4. The molecule has 0 spiro atoms. The predicted molar refractivity (Wildman–Crippen MR) is 60.7 cm³/mol. The summed E-state index contributed by atoms with van der Waals surface area (Å²) in [5.74, 6) is 1.12. The van der Waals surface area contributed by atoms with Crippen LogP contribution in [0.1, 0.15) is 6.42 Å². The van der Waals surface area contributed by atoms with Crippen LogP contribution in [0.5, 0.6) is 0 Å². The molecule has 0 aliphatic carbocycles. The zero-order valence-corrected chi connectivity index (χ0v) is 9.87. The van der Waals surface area contributed by atoms with Crippen LogP contribution in [-0.4, -0.2) is 47.8 Å². The molecule has 16 heavy (non-hydrogen) atoms. The summed E-state index contributed by atoms with van der Waals surface area (Å²) in [6.07, 6.45) is 4.62. The first-order valence-corrected chi connectivity index (χ1v) is 6.77. The highest BCUT2D eigenvalue weighted by Crippen LogP contribution is 2.38. The minimum Gasteiger partial charge on any atom is -0.306 e. The molecular formula is C8H9N5OS2. The number of rotatable bonds is 3. The Morgan fingerprint density at radius 2 is 2.62 bits per heavy atom. The van der Waals surface area contributed by atoms with Crippen LogP contribution in [0.25, 0.3) is 0 Å². The summed E-state index contributed by atoms with van der Waals surface area (Å²) >= 11 is 3.39. The van der Waals surface area contributed by atoms with E-state index < -0.39 is 0 Å². The van der Waals surface area contributed by atoms with Gasteiger partial charge < -0.3 is 4.90 Å². The number of tetrazole rings is 1. The summed E-state index contributed by atoms with van der Waals surface area (Å²) in [7, 11) is 0. The van der Waals surface area contributed by atoms with E-state index in [2.05, 4.69) is 26.7 Å². The fraction of sp³-hybridized carbons (Fsp3) is 0.500. The van der Waals surface area contributed by atoms with Crippen LogP contribution in [0.2, 0.25) is 0 Å². The third kappa shape index (κ3) is 1.82. The molecule has 2 aliphatic rings. The van der Waals surface area contributed by atoms with Gasteiger partial charge in [0.05, 0.1) is 11.8 Å². The first kappa shape index (κ1) is 10.2. The van der Waals surface area contributed by atoms with E-state index in [4.69, 9.17) is 0 Å². The van der Waals surface area contributed by atoms with E-state index >= 15 is 0 Å².